The molecule has 0 amide bonds. The fraction of sp³-hybridized carbons (Fsp3) is 0.333. The number of aromatic nitrogens is 3. The maximum Gasteiger partial charge on any atom is 0.198 e. The average Bonchev–Trinajstić information content (AvgIpc) is 2.96. The molecule has 5 nitrogen and oxygen atoms in total. The van der Waals surface area contributed by atoms with Gasteiger partial charge in [-0.15, -0.1) is 0 Å². The average molecular weight is 417 g/mol. The summed E-state index contributed by atoms with van der Waals surface area (Å²) in [7, 11) is 1.92. The van der Waals surface area contributed by atoms with E-state index in [1.54, 1.807) is 6.07 Å². The summed E-state index contributed by atoms with van der Waals surface area (Å²) < 4.78 is 10.3. The predicted molar refractivity (Wildman–Crippen MR) is 115 cm³/mol. The Hall–Kier alpha value is -2.15. The van der Waals surface area contributed by atoms with Gasteiger partial charge in [0.25, 0.3) is 0 Å². The van der Waals surface area contributed by atoms with Crippen molar-refractivity contribution in [1.82, 2.24) is 19.2 Å². The molecule has 0 N–H and O–H groups in total. The van der Waals surface area contributed by atoms with E-state index >= 15 is 0 Å². The van der Waals surface area contributed by atoms with Gasteiger partial charge in [-0.25, -0.2) is 4.68 Å². The van der Waals surface area contributed by atoms with Crippen molar-refractivity contribution in [2.24, 2.45) is 7.05 Å². The number of ether oxygens (including phenoxy) is 1. The summed E-state index contributed by atoms with van der Waals surface area (Å²) in [6, 6.07) is 17.9. The molecule has 0 aliphatic carbocycles. The third-order valence-corrected chi connectivity index (χ3v) is 5.24. The summed E-state index contributed by atoms with van der Waals surface area (Å²) in [5, 5.41) is 5.27. The zero-order valence-corrected chi connectivity index (χ0v) is 17.8. The van der Waals surface area contributed by atoms with Crippen LogP contribution in [0.4, 0.5) is 0 Å². The third-order valence-electron chi connectivity index (χ3n) is 4.45. The number of nitrogens with zero attached hydrogens (tertiary/aromatic N) is 4. The second-order valence-electron chi connectivity index (χ2n) is 6.66. The van der Waals surface area contributed by atoms with Gasteiger partial charge in [-0.1, -0.05) is 61.0 Å². The van der Waals surface area contributed by atoms with Crippen molar-refractivity contribution in [3.63, 3.8) is 0 Å². The first-order chi connectivity index (χ1) is 13.6. The van der Waals surface area contributed by atoms with Crippen molar-refractivity contribution in [3.05, 3.63) is 75.8 Å². The van der Waals surface area contributed by atoms with Gasteiger partial charge in [0.05, 0.1) is 11.7 Å². The molecule has 3 aromatic rings. The van der Waals surface area contributed by atoms with Gasteiger partial charge in [0.15, 0.2) is 10.6 Å². The van der Waals surface area contributed by atoms with Gasteiger partial charge in [-0.3, -0.25) is 4.90 Å². The summed E-state index contributed by atoms with van der Waals surface area (Å²) in [5.41, 5.74) is 1.28. The van der Waals surface area contributed by atoms with Crippen molar-refractivity contribution in [2.75, 3.05) is 6.54 Å². The molecular weight excluding hydrogens is 392 g/mol. The molecule has 3 rings (SSSR count). The van der Waals surface area contributed by atoms with E-state index < -0.39 is 0 Å². The van der Waals surface area contributed by atoms with Crippen molar-refractivity contribution in [3.8, 4) is 5.75 Å². The first kappa shape index (κ1) is 20.6. The molecule has 0 aliphatic heterocycles. The summed E-state index contributed by atoms with van der Waals surface area (Å²) in [6.07, 6.45) is 1.06. The van der Waals surface area contributed by atoms with Gasteiger partial charge in [0.2, 0.25) is 0 Å². The number of rotatable bonds is 9. The van der Waals surface area contributed by atoms with Crippen LogP contribution in [0, 0.1) is 4.77 Å². The fourth-order valence-corrected chi connectivity index (χ4v) is 3.40. The first-order valence-electron chi connectivity index (χ1n) is 9.34. The van der Waals surface area contributed by atoms with E-state index in [9.17, 15) is 0 Å². The quantitative estimate of drug-likeness (QED) is 0.457. The van der Waals surface area contributed by atoms with Crippen molar-refractivity contribution < 1.29 is 4.74 Å². The Morgan fingerprint density at radius 2 is 1.82 bits per heavy atom. The Bertz CT molecular complexity index is 955. The Morgan fingerprint density at radius 1 is 1.11 bits per heavy atom. The summed E-state index contributed by atoms with van der Waals surface area (Å²) in [6.45, 7) is 4.96. The molecule has 0 saturated heterocycles. The van der Waals surface area contributed by atoms with Crippen LogP contribution < -0.4 is 4.74 Å². The molecule has 0 saturated carbocycles. The minimum Gasteiger partial charge on any atom is -0.484 e. The zero-order chi connectivity index (χ0) is 19.9. The van der Waals surface area contributed by atoms with Gasteiger partial charge in [0.1, 0.15) is 12.4 Å². The lowest BCUT2D eigenvalue weighted by atomic mass is 10.2. The van der Waals surface area contributed by atoms with Crippen LogP contribution >= 0.6 is 23.8 Å². The van der Waals surface area contributed by atoms with Crippen LogP contribution in [0.1, 0.15) is 24.7 Å². The SMILES string of the molecule is CCCN(Cc1ccccc1)Cn1nc(COc2ccccc2Cl)n(C)c1=S. The standard InChI is InChI=1S/C21H25ClN4OS/c1-3-13-25(14-17-9-5-4-6-10-17)16-26-21(28)24(2)20(23-26)15-27-19-12-8-7-11-18(19)22/h4-12H,3,13-16H2,1-2H3. The van der Waals surface area contributed by atoms with Gasteiger partial charge < -0.3 is 9.30 Å². The van der Waals surface area contributed by atoms with Crippen LogP contribution in [0.3, 0.4) is 0 Å². The van der Waals surface area contributed by atoms with Crippen LogP contribution in [0.5, 0.6) is 5.75 Å². The normalized spacial score (nSPS) is 11.1. The molecule has 1 heterocycles. The van der Waals surface area contributed by atoms with Crippen LogP contribution in [-0.2, 0) is 26.9 Å². The van der Waals surface area contributed by atoms with Gasteiger partial charge >= 0.3 is 0 Å². The molecule has 2 aromatic carbocycles. The van der Waals surface area contributed by atoms with Crippen LogP contribution in [0.2, 0.25) is 5.02 Å². The molecule has 148 valence electrons. The van der Waals surface area contributed by atoms with E-state index in [1.807, 2.05) is 40.6 Å². The number of para-hydroxylation sites is 1. The summed E-state index contributed by atoms with van der Waals surface area (Å²) >= 11 is 11.8. The molecule has 0 unspecified atom stereocenters. The Morgan fingerprint density at radius 3 is 2.54 bits per heavy atom. The van der Waals surface area contributed by atoms with Crippen molar-refractivity contribution in [1.29, 1.82) is 0 Å². The van der Waals surface area contributed by atoms with Gasteiger partial charge in [-0.05, 0) is 42.9 Å². The number of halogens is 1. The Balaban J connectivity index is 1.72. The molecule has 0 atom stereocenters. The molecule has 0 fully saturated rings. The lowest BCUT2D eigenvalue weighted by molar-refractivity contribution is 0.195. The molecule has 0 spiro atoms. The van der Waals surface area contributed by atoms with E-state index in [0.29, 0.717) is 28.8 Å². The zero-order valence-electron chi connectivity index (χ0n) is 16.2. The van der Waals surface area contributed by atoms with E-state index in [0.717, 1.165) is 25.3 Å². The number of hydrogen-bond acceptors (Lipinski definition) is 4. The first-order valence-corrected chi connectivity index (χ1v) is 10.1. The van der Waals surface area contributed by atoms with Crippen LogP contribution in [0.25, 0.3) is 0 Å². The second-order valence-corrected chi connectivity index (χ2v) is 7.43. The van der Waals surface area contributed by atoms with Crippen molar-refractivity contribution >= 4 is 23.8 Å². The Labute approximate surface area is 176 Å². The maximum atomic E-state index is 6.16. The lowest BCUT2D eigenvalue weighted by Crippen LogP contribution is -2.27. The molecule has 1 aromatic heterocycles. The molecule has 7 heteroatoms. The van der Waals surface area contributed by atoms with E-state index in [2.05, 4.69) is 41.2 Å². The molecule has 0 bridgehead atoms. The largest absolute Gasteiger partial charge is 0.484 e. The van der Waals surface area contributed by atoms with Crippen molar-refractivity contribution in [2.45, 2.75) is 33.2 Å². The van der Waals surface area contributed by atoms with Gasteiger partial charge in [-0.2, -0.15) is 5.10 Å². The highest BCUT2D eigenvalue weighted by Crippen LogP contribution is 2.23. The topological polar surface area (TPSA) is 35.2 Å². The second kappa shape index (κ2) is 9.87. The monoisotopic (exact) mass is 416 g/mol. The number of hydrogen-bond donors (Lipinski definition) is 0. The third kappa shape index (κ3) is 5.22. The molecular formula is C21H25ClN4OS. The summed E-state index contributed by atoms with van der Waals surface area (Å²) in [5.74, 6) is 1.41. The predicted octanol–water partition coefficient (Wildman–Crippen LogP) is 5.05. The highest BCUT2D eigenvalue weighted by atomic mass is 35.5. The minimum absolute atomic E-state index is 0.309. The highest BCUT2D eigenvalue weighted by Gasteiger charge is 2.13. The van der Waals surface area contributed by atoms with E-state index in [-0.39, 0.29) is 0 Å². The molecule has 28 heavy (non-hydrogen) atoms. The minimum atomic E-state index is 0.309. The van der Waals surface area contributed by atoms with Crippen LogP contribution in [0.15, 0.2) is 54.6 Å². The Kier molecular flexibility index (Phi) is 7.25. The van der Waals surface area contributed by atoms with Gasteiger partial charge in [0, 0.05) is 13.6 Å². The smallest absolute Gasteiger partial charge is 0.198 e. The van der Waals surface area contributed by atoms with E-state index in [4.69, 9.17) is 28.6 Å². The van der Waals surface area contributed by atoms with Crippen LogP contribution in [-0.4, -0.2) is 25.8 Å². The number of benzene rings is 2. The fourth-order valence-electron chi connectivity index (χ4n) is 3.00. The summed E-state index contributed by atoms with van der Waals surface area (Å²) in [4.78, 5) is 2.34. The van der Waals surface area contributed by atoms with E-state index in [1.165, 1.54) is 5.56 Å². The molecule has 0 aliphatic rings. The molecule has 0 radical (unpaired) electrons. The maximum absolute atomic E-state index is 6.16. The highest BCUT2D eigenvalue weighted by molar-refractivity contribution is 7.71. The lowest BCUT2D eigenvalue weighted by Gasteiger charge is -2.21.